The number of esters is 1. The van der Waals surface area contributed by atoms with E-state index < -0.39 is 23.0 Å². The topological polar surface area (TPSA) is 114 Å². The number of benzene rings is 3. The molecule has 0 aliphatic heterocycles. The summed E-state index contributed by atoms with van der Waals surface area (Å²) in [5, 5.41) is 12.1. The van der Waals surface area contributed by atoms with Crippen molar-refractivity contribution < 1.29 is 23.9 Å². The summed E-state index contributed by atoms with van der Waals surface area (Å²) >= 11 is 4.02. The van der Waals surface area contributed by atoms with Gasteiger partial charge in [-0.15, -0.1) is 34.4 Å². The largest absolute Gasteiger partial charge is 0.462 e. The number of anilines is 2. The molecule has 3 amide bonds. The molecule has 5 aromatic rings. The standard InChI is InChI=1S/C37H33N3O5S3/c1-4-45-37(44)32-30(25-17-15-23(2)16-18-25)22-47-36(32)40-33(41)24(3)48-29-13-8-12-27(20-29)38-35(43)31(21-28-14-9-19-46-28)39-34(42)26-10-6-5-7-11-26/h5-22,24H,4H2,1-3H3,(H,38,43)(H,39,42)(H,40,41)/b31-21-. The lowest BCUT2D eigenvalue weighted by Crippen LogP contribution is -2.30. The molecule has 8 nitrogen and oxygen atoms in total. The lowest BCUT2D eigenvalue weighted by molar-refractivity contribution is -0.115. The summed E-state index contributed by atoms with van der Waals surface area (Å²) in [6, 6.07) is 27.3. The average molecular weight is 696 g/mol. The van der Waals surface area contributed by atoms with E-state index >= 15 is 0 Å². The fourth-order valence-corrected chi connectivity index (χ4v) is 7.12. The van der Waals surface area contributed by atoms with Crippen molar-refractivity contribution in [2.75, 3.05) is 17.2 Å². The predicted molar refractivity (Wildman–Crippen MR) is 196 cm³/mol. The van der Waals surface area contributed by atoms with Crippen LogP contribution in [0.15, 0.2) is 112 Å². The first-order valence-electron chi connectivity index (χ1n) is 15.1. The van der Waals surface area contributed by atoms with Crippen molar-refractivity contribution in [1.29, 1.82) is 0 Å². The maximum absolute atomic E-state index is 13.4. The van der Waals surface area contributed by atoms with Gasteiger partial charge in [0.05, 0.1) is 11.9 Å². The first-order chi connectivity index (χ1) is 23.2. The van der Waals surface area contributed by atoms with E-state index in [1.54, 1.807) is 62.4 Å². The third-order valence-electron chi connectivity index (χ3n) is 7.00. The Hall–Kier alpha value is -4.97. The average Bonchev–Trinajstić information content (AvgIpc) is 3.75. The number of nitrogens with one attached hydrogen (secondary N) is 3. The van der Waals surface area contributed by atoms with Crippen molar-refractivity contribution in [1.82, 2.24) is 5.32 Å². The summed E-state index contributed by atoms with van der Waals surface area (Å²) in [7, 11) is 0. The zero-order valence-electron chi connectivity index (χ0n) is 26.4. The third-order valence-corrected chi connectivity index (χ3v) is 9.81. The number of thioether (sulfide) groups is 1. The first kappa shape index (κ1) is 34.4. The predicted octanol–water partition coefficient (Wildman–Crippen LogP) is 8.49. The highest BCUT2D eigenvalue weighted by atomic mass is 32.2. The highest BCUT2D eigenvalue weighted by molar-refractivity contribution is 8.00. The van der Waals surface area contributed by atoms with E-state index in [-0.39, 0.29) is 18.2 Å². The Morgan fingerprint density at radius 2 is 1.67 bits per heavy atom. The molecule has 3 N–H and O–H groups in total. The second-order valence-corrected chi connectivity index (χ2v) is 13.8. The second kappa shape index (κ2) is 16.2. The molecule has 0 spiro atoms. The minimum atomic E-state index is -0.546. The summed E-state index contributed by atoms with van der Waals surface area (Å²) in [6.07, 6.45) is 1.63. The SMILES string of the molecule is CCOC(=O)c1c(-c2ccc(C)cc2)csc1NC(=O)C(C)Sc1cccc(NC(=O)/C(=C/c2cccs2)NC(=O)c2ccccc2)c1. The van der Waals surface area contributed by atoms with Crippen LogP contribution in [-0.4, -0.2) is 35.5 Å². The minimum Gasteiger partial charge on any atom is -0.462 e. The minimum absolute atomic E-state index is 0.0930. The number of hydrogen-bond donors (Lipinski definition) is 3. The van der Waals surface area contributed by atoms with Crippen LogP contribution in [0.3, 0.4) is 0 Å². The smallest absolute Gasteiger partial charge is 0.341 e. The van der Waals surface area contributed by atoms with Gasteiger partial charge in [0.25, 0.3) is 11.8 Å². The van der Waals surface area contributed by atoms with Crippen LogP contribution in [0.25, 0.3) is 17.2 Å². The van der Waals surface area contributed by atoms with E-state index in [2.05, 4.69) is 16.0 Å². The van der Waals surface area contributed by atoms with Crippen molar-refractivity contribution in [3.05, 3.63) is 129 Å². The molecule has 244 valence electrons. The van der Waals surface area contributed by atoms with Gasteiger partial charge in [-0.1, -0.05) is 60.2 Å². The van der Waals surface area contributed by atoms with E-state index in [1.807, 2.05) is 66.2 Å². The van der Waals surface area contributed by atoms with Gasteiger partial charge in [0.1, 0.15) is 16.3 Å². The molecule has 0 aliphatic rings. The molecule has 0 bridgehead atoms. The van der Waals surface area contributed by atoms with Crippen LogP contribution in [0.1, 0.15) is 45.0 Å². The Morgan fingerprint density at radius 1 is 0.896 bits per heavy atom. The Balaban J connectivity index is 1.28. The number of carbonyl (C=O) groups is 4. The van der Waals surface area contributed by atoms with E-state index in [0.29, 0.717) is 27.4 Å². The number of thiophene rings is 2. The number of ether oxygens (including phenoxy) is 1. The maximum Gasteiger partial charge on any atom is 0.341 e. The quantitative estimate of drug-likeness (QED) is 0.0686. The van der Waals surface area contributed by atoms with Crippen LogP contribution < -0.4 is 16.0 Å². The van der Waals surface area contributed by atoms with Gasteiger partial charge in [0, 0.05) is 32.0 Å². The van der Waals surface area contributed by atoms with Crippen LogP contribution in [0.4, 0.5) is 10.7 Å². The fourth-order valence-electron chi connectivity index (χ4n) is 4.58. The molecule has 2 heterocycles. The zero-order chi connectivity index (χ0) is 34.0. The summed E-state index contributed by atoms with van der Waals surface area (Å²) in [4.78, 5) is 54.2. The molecule has 5 rings (SSSR count). The van der Waals surface area contributed by atoms with E-state index in [1.165, 1.54) is 34.4 Å². The molecular formula is C37H33N3O5S3. The van der Waals surface area contributed by atoms with E-state index in [4.69, 9.17) is 4.74 Å². The van der Waals surface area contributed by atoms with Crippen LogP contribution in [-0.2, 0) is 14.3 Å². The van der Waals surface area contributed by atoms with Gasteiger partial charge >= 0.3 is 5.97 Å². The van der Waals surface area contributed by atoms with Crippen LogP contribution in [0.5, 0.6) is 0 Å². The number of aryl methyl sites for hydroxylation is 1. The van der Waals surface area contributed by atoms with Gasteiger partial charge in [0.2, 0.25) is 5.91 Å². The van der Waals surface area contributed by atoms with Gasteiger partial charge < -0.3 is 20.7 Å². The molecule has 1 atom stereocenters. The van der Waals surface area contributed by atoms with Crippen LogP contribution in [0.2, 0.25) is 0 Å². The molecule has 0 saturated heterocycles. The van der Waals surface area contributed by atoms with Crippen LogP contribution in [0, 0.1) is 6.92 Å². The molecule has 2 aromatic heterocycles. The first-order valence-corrected chi connectivity index (χ1v) is 17.7. The second-order valence-electron chi connectivity index (χ2n) is 10.6. The van der Waals surface area contributed by atoms with Crippen molar-refractivity contribution in [3.63, 3.8) is 0 Å². The number of hydrogen-bond acceptors (Lipinski definition) is 8. The Kier molecular flexibility index (Phi) is 11.6. The lowest BCUT2D eigenvalue weighted by Gasteiger charge is -2.14. The molecule has 0 radical (unpaired) electrons. The fraction of sp³-hybridized carbons (Fsp3) is 0.135. The van der Waals surface area contributed by atoms with Crippen molar-refractivity contribution in [2.24, 2.45) is 0 Å². The summed E-state index contributed by atoms with van der Waals surface area (Å²) in [5.41, 5.74) is 3.99. The summed E-state index contributed by atoms with van der Waals surface area (Å²) < 4.78 is 5.33. The third kappa shape index (κ3) is 8.88. The highest BCUT2D eigenvalue weighted by Gasteiger charge is 2.25. The molecule has 48 heavy (non-hydrogen) atoms. The van der Waals surface area contributed by atoms with E-state index in [9.17, 15) is 19.2 Å². The van der Waals surface area contributed by atoms with Gasteiger partial charge in [-0.05, 0) is 74.2 Å². The highest BCUT2D eigenvalue weighted by Crippen LogP contribution is 2.37. The van der Waals surface area contributed by atoms with E-state index in [0.717, 1.165) is 20.9 Å². The van der Waals surface area contributed by atoms with Crippen molar-refractivity contribution in [3.8, 4) is 11.1 Å². The number of carbonyl (C=O) groups excluding carboxylic acids is 4. The van der Waals surface area contributed by atoms with Gasteiger partial charge in [0.15, 0.2) is 0 Å². The van der Waals surface area contributed by atoms with Crippen LogP contribution >= 0.6 is 34.4 Å². The monoisotopic (exact) mass is 695 g/mol. The van der Waals surface area contributed by atoms with Gasteiger partial charge in [-0.3, -0.25) is 14.4 Å². The lowest BCUT2D eigenvalue weighted by atomic mass is 10.0. The van der Waals surface area contributed by atoms with Gasteiger partial charge in [-0.25, -0.2) is 4.79 Å². The normalized spacial score (nSPS) is 11.8. The Labute approximate surface area is 291 Å². The summed E-state index contributed by atoms with van der Waals surface area (Å²) in [6.45, 7) is 5.71. The molecule has 0 fully saturated rings. The van der Waals surface area contributed by atoms with Crippen molar-refractivity contribution in [2.45, 2.75) is 30.9 Å². The molecule has 3 aromatic carbocycles. The molecule has 0 saturated carbocycles. The summed E-state index contributed by atoms with van der Waals surface area (Å²) in [5.74, 6) is -1.68. The molecule has 1 unspecified atom stereocenters. The maximum atomic E-state index is 13.4. The Morgan fingerprint density at radius 3 is 2.38 bits per heavy atom. The van der Waals surface area contributed by atoms with Gasteiger partial charge in [-0.2, -0.15) is 0 Å². The number of amides is 3. The van der Waals surface area contributed by atoms with Crippen molar-refractivity contribution >= 4 is 74.9 Å². The molecule has 0 aliphatic carbocycles. The zero-order valence-corrected chi connectivity index (χ0v) is 28.9. The molecular weight excluding hydrogens is 663 g/mol. The Bertz CT molecular complexity index is 1930. The molecule has 11 heteroatoms. The number of rotatable bonds is 12.